The lowest BCUT2D eigenvalue weighted by atomic mass is 10.2. The number of hydrogen-bond donors (Lipinski definition) is 1. The van der Waals surface area contributed by atoms with Gasteiger partial charge in [-0.15, -0.1) is 0 Å². The number of hydrogen-bond acceptors (Lipinski definition) is 3. The molecule has 106 valence electrons. The first-order chi connectivity index (χ1) is 10.0. The fourth-order valence-electron chi connectivity index (χ4n) is 1.82. The summed E-state index contributed by atoms with van der Waals surface area (Å²) < 4.78 is 1.76. The van der Waals surface area contributed by atoms with Crippen molar-refractivity contribution in [2.45, 2.75) is 6.92 Å². The predicted octanol–water partition coefficient (Wildman–Crippen LogP) is 2.62. The Bertz CT molecular complexity index is 756. The molecule has 1 aromatic heterocycles. The Balaban J connectivity index is 2.10. The van der Waals surface area contributed by atoms with Gasteiger partial charge in [0.25, 0.3) is 5.91 Å². The average Bonchev–Trinajstić information content (AvgIpc) is 2.75. The second-order valence-electron chi connectivity index (χ2n) is 4.45. The Hall–Kier alpha value is -2.58. The molecule has 2 aromatic rings. The molecule has 0 unspecified atom stereocenters. The molecule has 0 bridgehead atoms. The van der Waals surface area contributed by atoms with Gasteiger partial charge in [0.05, 0.1) is 6.21 Å². The Morgan fingerprint density at radius 2 is 2.24 bits per heavy atom. The van der Waals surface area contributed by atoms with Crippen LogP contribution in [0.1, 0.15) is 27.3 Å². The maximum Gasteiger partial charge on any atom is 0.271 e. The highest BCUT2D eigenvalue weighted by Crippen LogP contribution is 2.12. The quantitative estimate of drug-likeness (QED) is 0.699. The molecule has 0 aliphatic heterocycles. The molecule has 0 aliphatic rings. The molecule has 0 radical (unpaired) electrons. The number of aromatic nitrogens is 1. The van der Waals surface area contributed by atoms with Crippen molar-refractivity contribution in [2.24, 2.45) is 12.1 Å². The van der Waals surface area contributed by atoms with E-state index in [1.54, 1.807) is 41.9 Å². The van der Waals surface area contributed by atoms with E-state index in [2.05, 4.69) is 16.6 Å². The van der Waals surface area contributed by atoms with Crippen molar-refractivity contribution in [3.63, 3.8) is 0 Å². The first kappa shape index (κ1) is 14.8. The lowest BCUT2D eigenvalue weighted by Crippen LogP contribution is -2.17. The van der Waals surface area contributed by atoms with Crippen LogP contribution >= 0.6 is 11.6 Å². The summed E-state index contributed by atoms with van der Waals surface area (Å²) in [6.07, 6.45) is 1.51. The fraction of sp³-hybridized carbons (Fsp3) is 0.133. The number of hydrazone groups is 1. The summed E-state index contributed by atoms with van der Waals surface area (Å²) in [5, 5.41) is 13.3. The number of benzene rings is 1. The highest BCUT2D eigenvalue weighted by molar-refractivity contribution is 6.30. The van der Waals surface area contributed by atoms with E-state index in [1.165, 1.54) is 6.21 Å². The zero-order valence-corrected chi connectivity index (χ0v) is 12.3. The smallest absolute Gasteiger partial charge is 0.271 e. The summed E-state index contributed by atoms with van der Waals surface area (Å²) in [6.45, 7) is 1.88. The third-order valence-corrected chi connectivity index (χ3v) is 3.38. The molecule has 1 aromatic carbocycles. The minimum Gasteiger partial charge on any atom is -0.339 e. The molecule has 6 heteroatoms. The van der Waals surface area contributed by atoms with E-state index < -0.39 is 0 Å². The first-order valence-electron chi connectivity index (χ1n) is 6.18. The number of amides is 1. The number of carbonyl (C=O) groups is 1. The summed E-state index contributed by atoms with van der Waals surface area (Å²) >= 11 is 5.82. The Kier molecular flexibility index (Phi) is 4.41. The molecule has 1 heterocycles. The number of nitrogens with one attached hydrogen (secondary N) is 1. The second kappa shape index (κ2) is 6.25. The monoisotopic (exact) mass is 300 g/mol. The normalized spacial score (nSPS) is 10.6. The van der Waals surface area contributed by atoms with Crippen molar-refractivity contribution in [2.75, 3.05) is 0 Å². The van der Waals surface area contributed by atoms with E-state index >= 15 is 0 Å². The Morgan fingerprint density at radius 3 is 2.86 bits per heavy atom. The van der Waals surface area contributed by atoms with E-state index in [-0.39, 0.29) is 5.91 Å². The minimum atomic E-state index is -0.345. The average molecular weight is 301 g/mol. The molecule has 1 N–H and O–H groups in total. The zero-order valence-electron chi connectivity index (χ0n) is 11.6. The number of carbonyl (C=O) groups excluding carboxylic acids is 1. The van der Waals surface area contributed by atoms with E-state index in [0.29, 0.717) is 16.3 Å². The molecule has 1 amide bonds. The maximum atomic E-state index is 11.9. The molecule has 0 atom stereocenters. The summed E-state index contributed by atoms with van der Waals surface area (Å²) in [5.41, 5.74) is 5.07. The van der Waals surface area contributed by atoms with Crippen LogP contribution in [0.4, 0.5) is 0 Å². The van der Waals surface area contributed by atoms with Crippen molar-refractivity contribution >= 4 is 23.7 Å². The third kappa shape index (κ3) is 3.30. The molecule has 2 rings (SSSR count). The molecule has 0 saturated heterocycles. The van der Waals surface area contributed by atoms with E-state index in [9.17, 15) is 4.79 Å². The van der Waals surface area contributed by atoms with E-state index in [1.807, 2.05) is 6.92 Å². The maximum absolute atomic E-state index is 11.9. The van der Waals surface area contributed by atoms with Crippen LogP contribution in [-0.2, 0) is 7.05 Å². The molecule has 0 saturated carbocycles. The van der Waals surface area contributed by atoms with Crippen molar-refractivity contribution in [3.05, 3.63) is 57.9 Å². The Morgan fingerprint density at radius 1 is 1.48 bits per heavy atom. The SMILES string of the molecule is Cc1c(/C=N\NC(=O)c2cccc(Cl)c2)cc(C#N)n1C. The summed E-state index contributed by atoms with van der Waals surface area (Å²) in [6, 6.07) is 10.4. The molecule has 5 nitrogen and oxygen atoms in total. The number of nitrogens with zero attached hydrogens (tertiary/aromatic N) is 3. The summed E-state index contributed by atoms with van der Waals surface area (Å²) in [4.78, 5) is 11.9. The van der Waals surface area contributed by atoms with Gasteiger partial charge < -0.3 is 4.57 Å². The summed E-state index contributed by atoms with van der Waals surface area (Å²) in [5.74, 6) is -0.345. The number of rotatable bonds is 3. The van der Waals surface area contributed by atoms with Gasteiger partial charge in [-0.2, -0.15) is 10.4 Å². The molecule has 0 aliphatic carbocycles. The lowest BCUT2D eigenvalue weighted by Gasteiger charge is -2.00. The van der Waals surface area contributed by atoms with Crippen LogP contribution in [0.5, 0.6) is 0 Å². The van der Waals surface area contributed by atoms with Gasteiger partial charge in [-0.25, -0.2) is 5.43 Å². The van der Waals surface area contributed by atoms with Crippen molar-refractivity contribution < 1.29 is 4.79 Å². The molecular weight excluding hydrogens is 288 g/mol. The van der Waals surface area contributed by atoms with Crippen LogP contribution in [0.25, 0.3) is 0 Å². The number of nitriles is 1. The predicted molar refractivity (Wildman–Crippen MR) is 81.4 cm³/mol. The molecule has 0 spiro atoms. The van der Waals surface area contributed by atoms with Crippen LogP contribution in [0.3, 0.4) is 0 Å². The van der Waals surface area contributed by atoms with Crippen LogP contribution in [0.2, 0.25) is 5.02 Å². The largest absolute Gasteiger partial charge is 0.339 e. The standard InChI is InChI=1S/C15H13ClN4O/c1-10-12(7-14(8-17)20(10)2)9-18-19-15(21)11-4-3-5-13(16)6-11/h3-7,9H,1-2H3,(H,19,21)/b18-9-. The highest BCUT2D eigenvalue weighted by Gasteiger charge is 2.07. The second-order valence-corrected chi connectivity index (χ2v) is 4.89. The first-order valence-corrected chi connectivity index (χ1v) is 6.56. The van der Waals surface area contributed by atoms with Gasteiger partial charge in [-0.05, 0) is 31.2 Å². The van der Waals surface area contributed by atoms with Gasteiger partial charge >= 0.3 is 0 Å². The van der Waals surface area contributed by atoms with E-state index in [0.717, 1.165) is 11.3 Å². The topological polar surface area (TPSA) is 70.2 Å². The highest BCUT2D eigenvalue weighted by atomic mass is 35.5. The van der Waals surface area contributed by atoms with Gasteiger partial charge in [0.15, 0.2) is 0 Å². The summed E-state index contributed by atoms with van der Waals surface area (Å²) in [7, 11) is 1.80. The van der Waals surface area contributed by atoms with Gasteiger partial charge in [0, 0.05) is 28.9 Å². The lowest BCUT2D eigenvalue weighted by molar-refractivity contribution is 0.0955. The van der Waals surface area contributed by atoms with Crippen molar-refractivity contribution in [1.29, 1.82) is 5.26 Å². The zero-order chi connectivity index (χ0) is 15.4. The van der Waals surface area contributed by atoms with Gasteiger partial charge in [-0.3, -0.25) is 4.79 Å². The molecule has 0 fully saturated rings. The third-order valence-electron chi connectivity index (χ3n) is 3.15. The van der Waals surface area contributed by atoms with Crippen LogP contribution in [0, 0.1) is 18.3 Å². The van der Waals surface area contributed by atoms with Crippen LogP contribution < -0.4 is 5.43 Å². The van der Waals surface area contributed by atoms with Crippen LogP contribution in [0.15, 0.2) is 35.4 Å². The molecule has 21 heavy (non-hydrogen) atoms. The number of halogens is 1. The minimum absolute atomic E-state index is 0.345. The van der Waals surface area contributed by atoms with Gasteiger partial charge in [0.1, 0.15) is 11.8 Å². The van der Waals surface area contributed by atoms with Crippen molar-refractivity contribution in [1.82, 2.24) is 9.99 Å². The van der Waals surface area contributed by atoms with Gasteiger partial charge in [0.2, 0.25) is 0 Å². The van der Waals surface area contributed by atoms with Gasteiger partial charge in [-0.1, -0.05) is 17.7 Å². The fourth-order valence-corrected chi connectivity index (χ4v) is 2.01. The molecular formula is C15H13ClN4O. The van der Waals surface area contributed by atoms with Crippen LogP contribution in [-0.4, -0.2) is 16.7 Å². The van der Waals surface area contributed by atoms with Crippen molar-refractivity contribution in [3.8, 4) is 6.07 Å². The van der Waals surface area contributed by atoms with E-state index in [4.69, 9.17) is 16.9 Å². The Labute approximate surface area is 127 Å².